The summed E-state index contributed by atoms with van der Waals surface area (Å²) >= 11 is 0. The number of aryl methyl sites for hydroxylation is 1. The number of hydrogen-bond acceptors (Lipinski definition) is 5. The summed E-state index contributed by atoms with van der Waals surface area (Å²) in [6.45, 7) is 4.88. The molecule has 1 aliphatic heterocycles. The van der Waals surface area contributed by atoms with E-state index < -0.39 is 0 Å². The molecule has 0 aromatic heterocycles. The molecule has 6 heteroatoms. The van der Waals surface area contributed by atoms with Gasteiger partial charge in [-0.25, -0.2) is 0 Å². The van der Waals surface area contributed by atoms with Gasteiger partial charge in [0.15, 0.2) is 0 Å². The highest BCUT2D eigenvalue weighted by Crippen LogP contribution is 2.21. The summed E-state index contributed by atoms with van der Waals surface area (Å²) in [5, 5.41) is 20.4. The lowest BCUT2D eigenvalue weighted by atomic mass is 10.1. The van der Waals surface area contributed by atoms with E-state index in [1.807, 2.05) is 72.5 Å². The molecular weight excluding hydrogens is 350 g/mol. The number of amides is 1. The standard InChI is InChI=1S/C22H21N5O/c1-17-4-2-3-5-21(17)22(28)27-12-10-26(11-13-27)20-8-6-19(7-9-20)25-16-18(14-23)15-24/h2-9,16,25H,10-13H2,1H3. The van der Waals surface area contributed by atoms with Crippen LogP contribution in [0, 0.1) is 29.6 Å². The molecule has 1 saturated heterocycles. The normalized spacial score (nSPS) is 13.2. The fourth-order valence-electron chi connectivity index (χ4n) is 3.16. The summed E-state index contributed by atoms with van der Waals surface area (Å²) in [5.41, 5.74) is 3.69. The fraction of sp³-hybridized carbons (Fsp3) is 0.227. The number of allylic oxidation sites excluding steroid dienone is 1. The van der Waals surface area contributed by atoms with Crippen LogP contribution in [-0.4, -0.2) is 37.0 Å². The first-order valence-electron chi connectivity index (χ1n) is 9.09. The van der Waals surface area contributed by atoms with Crippen LogP contribution in [0.5, 0.6) is 0 Å². The summed E-state index contributed by atoms with van der Waals surface area (Å²) in [6, 6.07) is 19.1. The number of carbonyl (C=O) groups excluding carboxylic acids is 1. The molecule has 0 bridgehead atoms. The number of rotatable bonds is 4. The van der Waals surface area contributed by atoms with Crippen molar-refractivity contribution in [3.8, 4) is 12.1 Å². The number of piperazine rings is 1. The number of anilines is 2. The number of hydrogen-bond donors (Lipinski definition) is 1. The third-order valence-electron chi connectivity index (χ3n) is 4.80. The summed E-state index contributed by atoms with van der Waals surface area (Å²) in [4.78, 5) is 16.9. The second kappa shape index (κ2) is 8.75. The van der Waals surface area contributed by atoms with E-state index in [1.165, 1.54) is 6.20 Å². The van der Waals surface area contributed by atoms with Crippen LogP contribution < -0.4 is 10.2 Å². The van der Waals surface area contributed by atoms with Crippen molar-refractivity contribution in [1.82, 2.24) is 4.90 Å². The van der Waals surface area contributed by atoms with Crippen LogP contribution in [-0.2, 0) is 0 Å². The molecule has 0 atom stereocenters. The van der Waals surface area contributed by atoms with Gasteiger partial charge in [0.05, 0.1) is 0 Å². The van der Waals surface area contributed by atoms with Gasteiger partial charge in [0.2, 0.25) is 0 Å². The Balaban J connectivity index is 1.59. The molecule has 2 aromatic carbocycles. The van der Waals surface area contributed by atoms with Crippen molar-refractivity contribution in [2.45, 2.75) is 6.92 Å². The van der Waals surface area contributed by atoms with Crippen LogP contribution in [0.15, 0.2) is 60.3 Å². The predicted molar refractivity (Wildman–Crippen MR) is 109 cm³/mol. The molecule has 2 aromatic rings. The van der Waals surface area contributed by atoms with Gasteiger partial charge in [0.25, 0.3) is 5.91 Å². The second-order valence-corrected chi connectivity index (χ2v) is 6.57. The third kappa shape index (κ3) is 4.31. The van der Waals surface area contributed by atoms with E-state index in [0.717, 1.165) is 35.6 Å². The van der Waals surface area contributed by atoms with Crippen LogP contribution in [0.3, 0.4) is 0 Å². The molecular formula is C22H21N5O. The molecule has 0 radical (unpaired) electrons. The lowest BCUT2D eigenvalue weighted by Gasteiger charge is -2.36. The van der Waals surface area contributed by atoms with Crippen molar-refractivity contribution >= 4 is 17.3 Å². The lowest BCUT2D eigenvalue weighted by molar-refractivity contribution is 0.0746. The molecule has 1 fully saturated rings. The predicted octanol–water partition coefficient (Wildman–Crippen LogP) is 3.30. The van der Waals surface area contributed by atoms with Crippen molar-refractivity contribution in [3.05, 3.63) is 71.4 Å². The Morgan fingerprint density at radius 1 is 1.00 bits per heavy atom. The molecule has 6 nitrogen and oxygen atoms in total. The lowest BCUT2D eigenvalue weighted by Crippen LogP contribution is -2.48. The van der Waals surface area contributed by atoms with Crippen molar-refractivity contribution in [3.63, 3.8) is 0 Å². The zero-order valence-corrected chi connectivity index (χ0v) is 15.7. The Morgan fingerprint density at radius 3 is 2.25 bits per heavy atom. The molecule has 0 spiro atoms. The number of nitriles is 2. The molecule has 140 valence electrons. The molecule has 1 heterocycles. The van der Waals surface area contributed by atoms with Crippen LogP contribution in [0.4, 0.5) is 11.4 Å². The largest absolute Gasteiger partial charge is 0.368 e. The molecule has 0 aliphatic carbocycles. The van der Waals surface area contributed by atoms with E-state index in [1.54, 1.807) is 0 Å². The molecule has 1 aliphatic rings. The van der Waals surface area contributed by atoms with Crippen molar-refractivity contribution in [2.24, 2.45) is 0 Å². The minimum atomic E-state index is 0.0264. The van der Waals surface area contributed by atoms with Gasteiger partial charge in [0.1, 0.15) is 17.7 Å². The second-order valence-electron chi connectivity index (χ2n) is 6.57. The topological polar surface area (TPSA) is 83.2 Å². The minimum absolute atomic E-state index is 0.0264. The molecule has 0 saturated carbocycles. The zero-order valence-electron chi connectivity index (χ0n) is 15.7. The van der Waals surface area contributed by atoms with Gasteiger partial charge >= 0.3 is 0 Å². The maximum absolute atomic E-state index is 12.7. The molecule has 1 N–H and O–H groups in total. The monoisotopic (exact) mass is 371 g/mol. The molecule has 28 heavy (non-hydrogen) atoms. The van der Waals surface area contributed by atoms with Crippen LogP contribution >= 0.6 is 0 Å². The SMILES string of the molecule is Cc1ccccc1C(=O)N1CCN(c2ccc(NC=C(C#N)C#N)cc2)CC1. The molecule has 0 unspecified atom stereocenters. The smallest absolute Gasteiger partial charge is 0.254 e. The van der Waals surface area contributed by atoms with Crippen molar-refractivity contribution in [2.75, 3.05) is 36.4 Å². The minimum Gasteiger partial charge on any atom is -0.368 e. The summed E-state index contributed by atoms with van der Waals surface area (Å²) in [5.74, 6) is 0.0925. The first kappa shape index (κ1) is 19.0. The Bertz CT molecular complexity index is 942. The van der Waals surface area contributed by atoms with E-state index in [0.29, 0.717) is 13.1 Å². The number of nitrogens with one attached hydrogen (secondary N) is 1. The van der Waals surface area contributed by atoms with E-state index >= 15 is 0 Å². The van der Waals surface area contributed by atoms with Crippen molar-refractivity contribution < 1.29 is 4.79 Å². The van der Waals surface area contributed by atoms with Crippen LogP contribution in [0.1, 0.15) is 15.9 Å². The van der Waals surface area contributed by atoms with Gasteiger partial charge in [-0.05, 0) is 42.8 Å². The zero-order chi connectivity index (χ0) is 19.9. The molecule has 3 rings (SSSR count). The van der Waals surface area contributed by atoms with Crippen LogP contribution in [0.25, 0.3) is 0 Å². The summed E-state index contributed by atoms with van der Waals surface area (Å²) in [7, 11) is 0. The number of carbonyl (C=O) groups is 1. The Labute approximate surface area is 164 Å². The van der Waals surface area contributed by atoms with E-state index in [4.69, 9.17) is 10.5 Å². The highest BCUT2D eigenvalue weighted by Gasteiger charge is 2.23. The number of nitrogens with zero attached hydrogens (tertiary/aromatic N) is 4. The fourth-order valence-corrected chi connectivity index (χ4v) is 3.16. The molecule has 1 amide bonds. The Kier molecular flexibility index (Phi) is 5.94. The quantitative estimate of drug-likeness (QED) is 0.834. The first-order valence-corrected chi connectivity index (χ1v) is 9.09. The van der Waals surface area contributed by atoms with Crippen molar-refractivity contribution in [1.29, 1.82) is 10.5 Å². The summed E-state index contributed by atoms with van der Waals surface area (Å²) in [6.07, 6.45) is 1.39. The van der Waals surface area contributed by atoms with Gasteiger partial charge in [0, 0.05) is 49.3 Å². The highest BCUT2D eigenvalue weighted by atomic mass is 16.2. The maximum Gasteiger partial charge on any atom is 0.254 e. The van der Waals surface area contributed by atoms with Crippen LogP contribution in [0.2, 0.25) is 0 Å². The van der Waals surface area contributed by atoms with E-state index in [2.05, 4.69) is 10.2 Å². The maximum atomic E-state index is 12.7. The van der Waals surface area contributed by atoms with Gasteiger partial charge in [-0.15, -0.1) is 0 Å². The Hall–Kier alpha value is -3.77. The van der Waals surface area contributed by atoms with Gasteiger partial charge in [-0.2, -0.15) is 10.5 Å². The average molecular weight is 371 g/mol. The highest BCUT2D eigenvalue weighted by molar-refractivity contribution is 5.95. The summed E-state index contributed by atoms with van der Waals surface area (Å²) < 4.78 is 0. The first-order chi connectivity index (χ1) is 13.6. The van der Waals surface area contributed by atoms with Gasteiger partial charge in [-0.1, -0.05) is 18.2 Å². The van der Waals surface area contributed by atoms with Gasteiger partial charge in [-0.3, -0.25) is 4.79 Å². The van der Waals surface area contributed by atoms with E-state index in [-0.39, 0.29) is 11.5 Å². The Morgan fingerprint density at radius 2 is 1.64 bits per heavy atom. The van der Waals surface area contributed by atoms with E-state index in [9.17, 15) is 4.79 Å². The average Bonchev–Trinajstić information content (AvgIpc) is 2.75. The third-order valence-corrected chi connectivity index (χ3v) is 4.80. The number of benzene rings is 2. The van der Waals surface area contributed by atoms with Gasteiger partial charge < -0.3 is 15.1 Å².